The molecule has 0 saturated carbocycles. The molecule has 0 aliphatic carbocycles. The smallest absolute Gasteiger partial charge is 0.321 e. The number of methoxy groups -OCH3 is 2. The molecule has 1 saturated heterocycles. The third kappa shape index (κ3) is 7.91. The second-order valence-corrected chi connectivity index (χ2v) is 8.03. The van der Waals surface area contributed by atoms with Crippen LogP contribution in [-0.2, 0) is 11.3 Å². The van der Waals surface area contributed by atoms with E-state index in [1.165, 1.54) is 15.4 Å². The third-order valence-corrected chi connectivity index (χ3v) is 5.24. The number of urea groups is 1. The fraction of sp³-hybridized carbons (Fsp3) is 0.619. The van der Waals surface area contributed by atoms with E-state index in [0.29, 0.717) is 19.0 Å². The van der Waals surface area contributed by atoms with Crippen LogP contribution in [0.25, 0.3) is 0 Å². The number of quaternary nitrogens is 2. The number of piperazine rings is 1. The predicted molar refractivity (Wildman–Crippen MR) is 111 cm³/mol. The second-order valence-electron chi connectivity index (χ2n) is 8.03. The molecular formula is C21H36N4O4+2. The minimum absolute atomic E-state index is 0.217. The molecule has 1 aromatic rings. The SMILES string of the molecule is COc1ccc(C[NH+]2CC[NH+](CC(=O)NC(=O)NCCC(C)C)CC2)cc1OC. The molecule has 0 aromatic heterocycles. The van der Waals surface area contributed by atoms with Crippen LogP contribution < -0.4 is 29.9 Å². The molecule has 0 bridgehead atoms. The molecule has 0 unspecified atom stereocenters. The summed E-state index contributed by atoms with van der Waals surface area (Å²) in [5, 5.41) is 5.16. The number of carbonyl (C=O) groups is 2. The molecule has 2 rings (SSSR count). The summed E-state index contributed by atoms with van der Waals surface area (Å²) in [5.41, 5.74) is 1.21. The lowest BCUT2D eigenvalue weighted by atomic mass is 10.1. The van der Waals surface area contributed by atoms with E-state index in [9.17, 15) is 9.59 Å². The average molecular weight is 409 g/mol. The van der Waals surface area contributed by atoms with Crippen LogP contribution in [0.4, 0.5) is 4.79 Å². The number of amides is 3. The Hall–Kier alpha value is -2.32. The quantitative estimate of drug-likeness (QED) is 0.416. The highest BCUT2D eigenvalue weighted by Crippen LogP contribution is 2.27. The number of hydrogen-bond acceptors (Lipinski definition) is 4. The molecule has 3 amide bonds. The molecule has 0 radical (unpaired) electrons. The lowest BCUT2D eigenvalue weighted by Gasteiger charge is -2.29. The Morgan fingerprint density at radius 1 is 1.03 bits per heavy atom. The monoisotopic (exact) mass is 408 g/mol. The largest absolute Gasteiger partial charge is 0.493 e. The summed E-state index contributed by atoms with van der Waals surface area (Å²) in [4.78, 5) is 26.5. The molecule has 8 nitrogen and oxygen atoms in total. The van der Waals surface area contributed by atoms with Crippen LogP contribution in [0.15, 0.2) is 18.2 Å². The summed E-state index contributed by atoms with van der Waals surface area (Å²) in [6.45, 7) is 9.81. The standard InChI is InChI=1S/C21H34N4O4/c1-16(2)7-8-22-21(27)23-20(26)15-25-11-9-24(10-12-25)14-17-5-6-18(28-3)19(13-17)29-4/h5-6,13,16H,7-12,14-15H2,1-4H3,(H2,22,23,26,27)/p+2. The van der Waals surface area contributed by atoms with E-state index in [4.69, 9.17) is 9.47 Å². The molecule has 0 spiro atoms. The van der Waals surface area contributed by atoms with E-state index in [1.54, 1.807) is 14.2 Å². The van der Waals surface area contributed by atoms with E-state index in [2.05, 4.69) is 30.5 Å². The van der Waals surface area contributed by atoms with Gasteiger partial charge in [-0.25, -0.2) is 4.79 Å². The van der Waals surface area contributed by atoms with Gasteiger partial charge in [0.25, 0.3) is 5.91 Å². The summed E-state index contributed by atoms with van der Waals surface area (Å²) in [6.07, 6.45) is 0.900. The Morgan fingerprint density at radius 3 is 2.31 bits per heavy atom. The fourth-order valence-corrected chi connectivity index (χ4v) is 3.51. The molecule has 1 aliphatic heterocycles. The number of ether oxygens (including phenoxy) is 2. The van der Waals surface area contributed by atoms with Crippen molar-refractivity contribution in [3.63, 3.8) is 0 Å². The van der Waals surface area contributed by atoms with Crippen molar-refractivity contribution in [2.24, 2.45) is 5.92 Å². The van der Waals surface area contributed by atoms with Gasteiger partial charge in [-0.3, -0.25) is 10.1 Å². The van der Waals surface area contributed by atoms with Gasteiger partial charge in [0.1, 0.15) is 32.7 Å². The van der Waals surface area contributed by atoms with Gasteiger partial charge in [-0.15, -0.1) is 0 Å². The number of carbonyl (C=O) groups excluding carboxylic acids is 2. The van der Waals surface area contributed by atoms with Crippen molar-refractivity contribution in [1.29, 1.82) is 0 Å². The molecule has 1 aliphatic rings. The van der Waals surface area contributed by atoms with E-state index >= 15 is 0 Å². The van der Waals surface area contributed by atoms with Crippen molar-refractivity contribution in [3.05, 3.63) is 23.8 Å². The molecule has 1 heterocycles. The first-order chi connectivity index (χ1) is 13.9. The molecule has 4 N–H and O–H groups in total. The number of nitrogens with one attached hydrogen (secondary N) is 4. The first kappa shape index (κ1) is 23.0. The molecule has 1 aromatic carbocycles. The zero-order valence-electron chi connectivity index (χ0n) is 18.1. The van der Waals surface area contributed by atoms with Crippen molar-refractivity contribution in [1.82, 2.24) is 10.6 Å². The normalized spacial score (nSPS) is 18.9. The van der Waals surface area contributed by atoms with Gasteiger partial charge in [0, 0.05) is 12.1 Å². The Labute approximate surface area is 173 Å². The highest BCUT2D eigenvalue weighted by molar-refractivity contribution is 5.94. The van der Waals surface area contributed by atoms with Crippen molar-refractivity contribution < 1.29 is 28.9 Å². The van der Waals surface area contributed by atoms with Gasteiger partial charge >= 0.3 is 6.03 Å². The highest BCUT2D eigenvalue weighted by atomic mass is 16.5. The van der Waals surface area contributed by atoms with Crippen LogP contribution in [0.5, 0.6) is 11.5 Å². The van der Waals surface area contributed by atoms with Gasteiger partial charge in [0.05, 0.1) is 14.2 Å². The number of imide groups is 1. The summed E-state index contributed by atoms with van der Waals surface area (Å²) in [7, 11) is 3.28. The topological polar surface area (TPSA) is 85.5 Å². The second kappa shape index (κ2) is 11.6. The van der Waals surface area contributed by atoms with Crippen molar-refractivity contribution in [2.75, 3.05) is 53.5 Å². The van der Waals surface area contributed by atoms with E-state index in [1.807, 2.05) is 12.1 Å². The fourth-order valence-electron chi connectivity index (χ4n) is 3.51. The molecule has 29 heavy (non-hydrogen) atoms. The minimum Gasteiger partial charge on any atom is -0.493 e. The Morgan fingerprint density at radius 2 is 1.69 bits per heavy atom. The number of hydrogen-bond donors (Lipinski definition) is 4. The number of benzene rings is 1. The van der Waals surface area contributed by atoms with E-state index < -0.39 is 6.03 Å². The zero-order chi connectivity index (χ0) is 21.2. The van der Waals surface area contributed by atoms with Crippen molar-refractivity contribution in [2.45, 2.75) is 26.8 Å². The van der Waals surface area contributed by atoms with Crippen LogP contribution in [0.1, 0.15) is 25.8 Å². The predicted octanol–water partition coefficient (Wildman–Crippen LogP) is -1.14. The Balaban J connectivity index is 1.71. The van der Waals surface area contributed by atoms with Crippen molar-refractivity contribution in [3.8, 4) is 11.5 Å². The van der Waals surface area contributed by atoms with Gasteiger partial charge in [-0.05, 0) is 30.5 Å². The molecule has 8 heteroatoms. The number of rotatable bonds is 9. The minimum atomic E-state index is -0.396. The molecule has 1 fully saturated rings. The highest BCUT2D eigenvalue weighted by Gasteiger charge is 2.25. The maximum atomic E-state index is 12.1. The first-order valence-corrected chi connectivity index (χ1v) is 10.4. The first-order valence-electron chi connectivity index (χ1n) is 10.4. The molecule has 162 valence electrons. The van der Waals surface area contributed by atoms with Crippen LogP contribution >= 0.6 is 0 Å². The summed E-state index contributed by atoms with van der Waals surface area (Å²) < 4.78 is 10.7. The Kier molecular flexibility index (Phi) is 9.21. The van der Waals surface area contributed by atoms with Gasteiger partial charge in [0.2, 0.25) is 0 Å². The summed E-state index contributed by atoms with van der Waals surface area (Å²) >= 11 is 0. The third-order valence-electron chi connectivity index (χ3n) is 5.24. The van der Waals surface area contributed by atoms with Gasteiger partial charge in [-0.2, -0.15) is 0 Å². The average Bonchev–Trinajstić information content (AvgIpc) is 2.69. The van der Waals surface area contributed by atoms with Gasteiger partial charge < -0.3 is 24.6 Å². The molecular weight excluding hydrogens is 372 g/mol. The van der Waals surface area contributed by atoms with Crippen LogP contribution in [0.3, 0.4) is 0 Å². The summed E-state index contributed by atoms with van der Waals surface area (Å²) in [6, 6.07) is 5.63. The molecule has 0 atom stereocenters. The maximum Gasteiger partial charge on any atom is 0.321 e. The van der Waals surface area contributed by atoms with Crippen LogP contribution in [-0.4, -0.2) is 65.4 Å². The maximum absolute atomic E-state index is 12.1. The Bertz CT molecular complexity index is 673. The van der Waals surface area contributed by atoms with Crippen molar-refractivity contribution >= 4 is 11.9 Å². The van der Waals surface area contributed by atoms with Gasteiger partial charge in [0.15, 0.2) is 18.0 Å². The lowest BCUT2D eigenvalue weighted by Crippen LogP contribution is -3.28. The lowest BCUT2D eigenvalue weighted by molar-refractivity contribution is -1.02. The zero-order valence-corrected chi connectivity index (χ0v) is 18.1. The van der Waals surface area contributed by atoms with Gasteiger partial charge in [-0.1, -0.05) is 13.8 Å². The summed E-state index contributed by atoms with van der Waals surface area (Å²) in [5.74, 6) is 1.79. The van der Waals surface area contributed by atoms with Crippen LogP contribution in [0, 0.1) is 5.92 Å². The van der Waals surface area contributed by atoms with Crippen LogP contribution in [0.2, 0.25) is 0 Å². The van der Waals surface area contributed by atoms with E-state index in [0.717, 1.165) is 50.6 Å². The van der Waals surface area contributed by atoms with E-state index in [-0.39, 0.29) is 5.91 Å².